The normalized spacial score (nSPS) is 12.0. The Morgan fingerprint density at radius 2 is 2.00 bits per heavy atom. The highest BCUT2D eigenvalue weighted by Crippen LogP contribution is 2.11. The number of hydrogen-bond acceptors (Lipinski definition) is 3. The minimum absolute atomic E-state index is 0.296. The zero-order valence-electron chi connectivity index (χ0n) is 11.9. The van der Waals surface area contributed by atoms with Crippen molar-refractivity contribution in [2.24, 2.45) is 5.92 Å². The fraction of sp³-hybridized carbons (Fsp3) is 0.571. The molecule has 0 radical (unpaired) electrons. The lowest BCUT2D eigenvalue weighted by Crippen LogP contribution is -2.27. The lowest BCUT2D eigenvalue weighted by molar-refractivity contribution is 0.560. The number of nitrogens with one attached hydrogen (secondary N) is 2. The van der Waals surface area contributed by atoms with Crippen LogP contribution in [0.3, 0.4) is 0 Å². The maximum Gasteiger partial charge on any atom is 0.240 e. The fourth-order valence-corrected chi connectivity index (χ4v) is 2.88. The Balaban J connectivity index is 2.74. The van der Waals surface area contributed by atoms with Crippen molar-refractivity contribution in [1.29, 1.82) is 0 Å². The zero-order valence-corrected chi connectivity index (χ0v) is 12.8. The van der Waals surface area contributed by atoms with Gasteiger partial charge in [0.15, 0.2) is 0 Å². The van der Waals surface area contributed by atoms with Gasteiger partial charge in [-0.1, -0.05) is 32.9 Å². The highest BCUT2D eigenvalue weighted by molar-refractivity contribution is 7.89. The maximum atomic E-state index is 12.1. The monoisotopic (exact) mass is 284 g/mol. The van der Waals surface area contributed by atoms with Crippen molar-refractivity contribution >= 4 is 10.0 Å². The molecule has 1 rings (SSSR count). The highest BCUT2D eigenvalue weighted by Gasteiger charge is 2.14. The van der Waals surface area contributed by atoms with Crippen molar-refractivity contribution in [2.45, 2.75) is 38.6 Å². The minimum Gasteiger partial charge on any atom is -0.313 e. The molecule has 5 heteroatoms. The molecule has 4 nitrogen and oxygen atoms in total. The summed E-state index contributed by atoms with van der Waals surface area (Å²) in [5.74, 6) is 0.296. The summed E-state index contributed by atoms with van der Waals surface area (Å²) in [5.41, 5.74) is 0.987. The van der Waals surface area contributed by atoms with E-state index in [1.807, 2.05) is 19.9 Å². The van der Waals surface area contributed by atoms with Gasteiger partial charge >= 0.3 is 0 Å². The number of benzene rings is 1. The first kappa shape index (κ1) is 16.1. The highest BCUT2D eigenvalue weighted by atomic mass is 32.2. The van der Waals surface area contributed by atoms with Gasteiger partial charge in [-0.05, 0) is 36.6 Å². The standard InChI is InChI=1S/C14H24N2O2S/c1-4-8-15-11-13-6-5-7-14(9-13)19(17,18)16-10-12(2)3/h5-7,9,12,15-16H,4,8,10-11H2,1-3H3. The molecular weight excluding hydrogens is 260 g/mol. The second-order valence-corrected chi connectivity index (χ2v) is 6.84. The third-order valence-electron chi connectivity index (χ3n) is 2.65. The van der Waals surface area contributed by atoms with Crippen LogP contribution < -0.4 is 10.0 Å². The van der Waals surface area contributed by atoms with Crippen molar-refractivity contribution in [3.63, 3.8) is 0 Å². The van der Waals surface area contributed by atoms with Gasteiger partial charge in [0, 0.05) is 13.1 Å². The van der Waals surface area contributed by atoms with Crippen LogP contribution in [-0.2, 0) is 16.6 Å². The predicted molar refractivity (Wildman–Crippen MR) is 78.5 cm³/mol. The van der Waals surface area contributed by atoms with E-state index in [9.17, 15) is 8.42 Å². The van der Waals surface area contributed by atoms with Crippen molar-refractivity contribution in [2.75, 3.05) is 13.1 Å². The van der Waals surface area contributed by atoms with Crippen LogP contribution in [0.2, 0.25) is 0 Å². The molecule has 0 bridgehead atoms. The van der Waals surface area contributed by atoms with Crippen molar-refractivity contribution < 1.29 is 8.42 Å². The average Bonchev–Trinajstić information content (AvgIpc) is 2.37. The molecule has 19 heavy (non-hydrogen) atoms. The van der Waals surface area contributed by atoms with Gasteiger partial charge in [-0.15, -0.1) is 0 Å². The van der Waals surface area contributed by atoms with Gasteiger partial charge in [0.1, 0.15) is 0 Å². The third-order valence-corrected chi connectivity index (χ3v) is 4.07. The van der Waals surface area contributed by atoms with E-state index < -0.39 is 10.0 Å². The lowest BCUT2D eigenvalue weighted by atomic mass is 10.2. The number of sulfonamides is 1. The van der Waals surface area contributed by atoms with E-state index in [2.05, 4.69) is 17.0 Å². The van der Waals surface area contributed by atoms with E-state index in [1.165, 1.54) is 0 Å². The zero-order chi connectivity index (χ0) is 14.3. The Labute approximate surface area is 116 Å². The Kier molecular flexibility index (Phi) is 6.48. The molecule has 1 aromatic carbocycles. The second-order valence-electron chi connectivity index (χ2n) is 5.07. The molecule has 0 spiro atoms. The van der Waals surface area contributed by atoms with Crippen LogP contribution in [0.4, 0.5) is 0 Å². The van der Waals surface area contributed by atoms with Crippen LogP contribution >= 0.6 is 0 Å². The molecule has 0 aromatic heterocycles. The third kappa shape index (κ3) is 5.72. The molecule has 0 fully saturated rings. The van der Waals surface area contributed by atoms with Gasteiger partial charge in [0.25, 0.3) is 0 Å². The summed E-state index contributed by atoms with van der Waals surface area (Å²) in [6.45, 7) is 8.15. The first-order valence-electron chi connectivity index (χ1n) is 6.75. The molecule has 0 amide bonds. The first-order valence-corrected chi connectivity index (χ1v) is 8.23. The topological polar surface area (TPSA) is 58.2 Å². The van der Waals surface area contributed by atoms with Crippen LogP contribution in [-0.4, -0.2) is 21.5 Å². The molecular formula is C14H24N2O2S. The summed E-state index contributed by atoms with van der Waals surface area (Å²) in [6, 6.07) is 7.08. The summed E-state index contributed by atoms with van der Waals surface area (Å²) >= 11 is 0. The van der Waals surface area contributed by atoms with E-state index in [0.29, 0.717) is 23.9 Å². The summed E-state index contributed by atoms with van der Waals surface area (Å²) in [6.07, 6.45) is 1.06. The summed E-state index contributed by atoms with van der Waals surface area (Å²) in [7, 11) is -3.39. The molecule has 1 aromatic rings. The predicted octanol–water partition coefficient (Wildman–Crippen LogP) is 2.12. The summed E-state index contributed by atoms with van der Waals surface area (Å²) in [5, 5.41) is 3.27. The molecule has 0 aliphatic heterocycles. The Bertz CT molecular complexity index is 484. The molecule has 0 heterocycles. The molecule has 2 N–H and O–H groups in total. The van der Waals surface area contributed by atoms with Gasteiger partial charge in [0.05, 0.1) is 4.90 Å². The quantitative estimate of drug-likeness (QED) is 0.719. The molecule has 0 saturated carbocycles. The van der Waals surface area contributed by atoms with Gasteiger partial charge in [-0.3, -0.25) is 0 Å². The van der Waals surface area contributed by atoms with Gasteiger partial charge in [-0.2, -0.15) is 0 Å². The number of rotatable bonds is 8. The molecule has 0 unspecified atom stereocenters. The largest absolute Gasteiger partial charge is 0.313 e. The van der Waals surface area contributed by atoms with Gasteiger partial charge < -0.3 is 5.32 Å². The molecule has 0 aliphatic rings. The lowest BCUT2D eigenvalue weighted by Gasteiger charge is -2.10. The van der Waals surface area contributed by atoms with Crippen LogP contribution in [0.1, 0.15) is 32.8 Å². The Morgan fingerprint density at radius 1 is 1.26 bits per heavy atom. The summed E-state index contributed by atoms with van der Waals surface area (Å²) < 4.78 is 26.8. The van der Waals surface area contributed by atoms with E-state index in [1.54, 1.807) is 18.2 Å². The maximum absolute atomic E-state index is 12.1. The van der Waals surface area contributed by atoms with Crippen LogP contribution in [0.25, 0.3) is 0 Å². The van der Waals surface area contributed by atoms with E-state index in [0.717, 1.165) is 18.5 Å². The van der Waals surface area contributed by atoms with Crippen LogP contribution in [0.5, 0.6) is 0 Å². The van der Waals surface area contributed by atoms with Crippen molar-refractivity contribution in [1.82, 2.24) is 10.0 Å². The van der Waals surface area contributed by atoms with E-state index >= 15 is 0 Å². The fourth-order valence-electron chi connectivity index (χ4n) is 1.59. The average molecular weight is 284 g/mol. The Morgan fingerprint density at radius 3 is 2.63 bits per heavy atom. The van der Waals surface area contributed by atoms with Crippen LogP contribution in [0.15, 0.2) is 29.2 Å². The Hall–Kier alpha value is -0.910. The number of hydrogen-bond donors (Lipinski definition) is 2. The SMILES string of the molecule is CCCNCc1cccc(S(=O)(=O)NCC(C)C)c1. The van der Waals surface area contributed by atoms with E-state index in [4.69, 9.17) is 0 Å². The van der Waals surface area contributed by atoms with Crippen LogP contribution in [0, 0.1) is 5.92 Å². The van der Waals surface area contributed by atoms with Gasteiger partial charge in [0.2, 0.25) is 10.0 Å². The minimum atomic E-state index is -3.39. The smallest absolute Gasteiger partial charge is 0.240 e. The first-order chi connectivity index (χ1) is 8.95. The van der Waals surface area contributed by atoms with E-state index in [-0.39, 0.29) is 0 Å². The second kappa shape index (κ2) is 7.62. The molecule has 0 atom stereocenters. The molecule has 0 saturated heterocycles. The van der Waals surface area contributed by atoms with Gasteiger partial charge in [-0.25, -0.2) is 13.1 Å². The van der Waals surface area contributed by atoms with Crippen molar-refractivity contribution in [3.8, 4) is 0 Å². The molecule has 108 valence electrons. The molecule has 0 aliphatic carbocycles. The summed E-state index contributed by atoms with van der Waals surface area (Å²) in [4.78, 5) is 0.337. The van der Waals surface area contributed by atoms with Crippen molar-refractivity contribution in [3.05, 3.63) is 29.8 Å².